The number of carbonyl (C=O) groups is 1. The normalized spacial score (nSPS) is 17.7. The summed E-state index contributed by atoms with van der Waals surface area (Å²) in [4.78, 5) is 11.8. The number of carbonyl (C=O) groups excluding carboxylic acids is 1. The van der Waals surface area contributed by atoms with E-state index >= 15 is 0 Å². The first-order valence-electron chi connectivity index (χ1n) is 10.2. The van der Waals surface area contributed by atoms with E-state index in [-0.39, 0.29) is 19.1 Å². The van der Waals surface area contributed by atoms with Crippen LogP contribution in [0.2, 0.25) is 0 Å². The van der Waals surface area contributed by atoms with E-state index in [1.807, 2.05) is 6.07 Å². The van der Waals surface area contributed by atoms with Crippen molar-refractivity contribution in [3.63, 3.8) is 0 Å². The molecule has 1 aliphatic heterocycles. The van der Waals surface area contributed by atoms with E-state index < -0.39 is 6.10 Å². The molecule has 0 radical (unpaired) electrons. The molecule has 1 aromatic carbocycles. The molecule has 1 fully saturated rings. The van der Waals surface area contributed by atoms with Gasteiger partial charge in [-0.25, -0.2) is 0 Å². The Hall–Kier alpha value is -2.23. The molecular formula is C22H30N2O4. The van der Waals surface area contributed by atoms with Gasteiger partial charge in [-0.3, -0.25) is 4.79 Å². The predicted molar refractivity (Wildman–Crippen MR) is 109 cm³/mol. The summed E-state index contributed by atoms with van der Waals surface area (Å²) in [7, 11) is 0. The highest BCUT2D eigenvalue weighted by Gasteiger charge is 2.23. The van der Waals surface area contributed by atoms with Gasteiger partial charge in [-0.1, -0.05) is 25.2 Å². The van der Waals surface area contributed by atoms with Crippen LogP contribution in [0.25, 0.3) is 0 Å². The van der Waals surface area contributed by atoms with Gasteiger partial charge in [0.15, 0.2) is 0 Å². The van der Waals surface area contributed by atoms with Crippen LogP contribution in [0.1, 0.15) is 51.0 Å². The second-order valence-corrected chi connectivity index (χ2v) is 7.39. The van der Waals surface area contributed by atoms with E-state index in [2.05, 4.69) is 22.5 Å². The first kappa shape index (κ1) is 20.5. The van der Waals surface area contributed by atoms with Crippen molar-refractivity contribution in [1.29, 1.82) is 0 Å². The van der Waals surface area contributed by atoms with Gasteiger partial charge in [0, 0.05) is 24.6 Å². The first-order chi connectivity index (χ1) is 13.7. The lowest BCUT2D eigenvalue weighted by Gasteiger charge is -2.25. The number of nitrogens with one attached hydrogen (secondary N) is 2. The monoisotopic (exact) mass is 386 g/mol. The molecule has 0 aromatic heterocycles. The molecule has 2 aliphatic rings. The maximum atomic E-state index is 11.8. The van der Waals surface area contributed by atoms with Crippen molar-refractivity contribution in [2.75, 3.05) is 25.1 Å². The number of amides is 1. The Bertz CT molecular complexity index is 732. The third-order valence-corrected chi connectivity index (χ3v) is 5.25. The maximum Gasteiger partial charge on any atom is 0.224 e. The topological polar surface area (TPSA) is 79.8 Å². The second-order valence-electron chi connectivity index (χ2n) is 7.39. The fourth-order valence-electron chi connectivity index (χ4n) is 3.73. The van der Waals surface area contributed by atoms with Gasteiger partial charge in [-0.2, -0.15) is 0 Å². The molecule has 3 rings (SSSR count). The summed E-state index contributed by atoms with van der Waals surface area (Å²) in [5, 5.41) is 16.6. The molecule has 0 saturated heterocycles. The molecule has 1 aliphatic carbocycles. The smallest absolute Gasteiger partial charge is 0.224 e. The molecule has 6 nitrogen and oxygen atoms in total. The van der Waals surface area contributed by atoms with Crippen molar-refractivity contribution < 1.29 is 19.4 Å². The predicted octanol–water partition coefficient (Wildman–Crippen LogP) is 2.64. The lowest BCUT2D eigenvalue weighted by Crippen LogP contribution is -2.39. The lowest BCUT2D eigenvalue weighted by molar-refractivity contribution is -0.116. The minimum atomic E-state index is -0.577. The molecule has 0 spiro atoms. The van der Waals surface area contributed by atoms with Crippen molar-refractivity contribution in [1.82, 2.24) is 5.32 Å². The Morgan fingerprint density at radius 2 is 2.00 bits per heavy atom. The van der Waals surface area contributed by atoms with Crippen LogP contribution < -0.4 is 20.1 Å². The highest BCUT2D eigenvalue weighted by molar-refractivity contribution is 5.96. The molecule has 28 heavy (non-hydrogen) atoms. The summed E-state index contributed by atoms with van der Waals surface area (Å²) in [5.74, 6) is 6.88. The summed E-state index contributed by atoms with van der Waals surface area (Å²) < 4.78 is 11.6. The number of ether oxygens (including phenoxy) is 2. The molecule has 6 heteroatoms. The number of anilines is 1. The number of rotatable bonds is 8. The average Bonchev–Trinajstić information content (AvgIpc) is 2.72. The zero-order valence-electron chi connectivity index (χ0n) is 16.6. The molecule has 1 amide bonds. The number of benzene rings is 1. The number of fused-ring (bicyclic) bond motifs is 1. The average molecular weight is 386 g/mol. The summed E-state index contributed by atoms with van der Waals surface area (Å²) in [6.07, 6.45) is 6.63. The van der Waals surface area contributed by atoms with E-state index in [0.29, 0.717) is 42.6 Å². The molecule has 152 valence electrons. The van der Waals surface area contributed by atoms with Crippen LogP contribution in [0.3, 0.4) is 0 Å². The Balaban J connectivity index is 1.59. The van der Waals surface area contributed by atoms with Crippen molar-refractivity contribution >= 4 is 11.6 Å². The lowest BCUT2D eigenvalue weighted by atomic mass is 9.95. The van der Waals surface area contributed by atoms with Gasteiger partial charge in [-0.15, -0.1) is 5.92 Å². The van der Waals surface area contributed by atoms with Crippen LogP contribution in [0.4, 0.5) is 5.69 Å². The van der Waals surface area contributed by atoms with E-state index in [1.165, 1.54) is 32.1 Å². The van der Waals surface area contributed by atoms with Crippen LogP contribution in [0, 0.1) is 11.8 Å². The van der Waals surface area contributed by atoms with Crippen LogP contribution in [0.5, 0.6) is 11.5 Å². The van der Waals surface area contributed by atoms with Crippen molar-refractivity contribution in [3.8, 4) is 23.3 Å². The van der Waals surface area contributed by atoms with Gasteiger partial charge in [0.25, 0.3) is 0 Å². The summed E-state index contributed by atoms with van der Waals surface area (Å²) in [6, 6.07) is 4.13. The SMILES string of the molecule is CC#CCOc1ccc(OCC(O)CNC2CCCCC2)c2c1NC(=O)CC2. The Labute approximate surface area is 167 Å². The largest absolute Gasteiger partial charge is 0.490 e. The van der Waals surface area contributed by atoms with E-state index in [9.17, 15) is 9.90 Å². The minimum absolute atomic E-state index is 0.0345. The fourth-order valence-corrected chi connectivity index (χ4v) is 3.73. The number of hydrogen-bond acceptors (Lipinski definition) is 5. The Morgan fingerprint density at radius 3 is 2.79 bits per heavy atom. The minimum Gasteiger partial charge on any atom is -0.490 e. The summed E-state index contributed by atoms with van der Waals surface area (Å²) in [5.41, 5.74) is 1.57. The van der Waals surface area contributed by atoms with E-state index in [4.69, 9.17) is 9.47 Å². The Kier molecular flexibility index (Phi) is 7.58. The van der Waals surface area contributed by atoms with Gasteiger partial charge in [0.1, 0.15) is 30.8 Å². The van der Waals surface area contributed by atoms with Crippen molar-refractivity contribution in [2.24, 2.45) is 0 Å². The highest BCUT2D eigenvalue weighted by Crippen LogP contribution is 2.38. The number of aliphatic hydroxyl groups excluding tert-OH is 1. The third-order valence-electron chi connectivity index (χ3n) is 5.25. The van der Waals surface area contributed by atoms with Gasteiger partial charge in [0.2, 0.25) is 5.91 Å². The molecule has 3 N–H and O–H groups in total. The van der Waals surface area contributed by atoms with Gasteiger partial charge < -0.3 is 25.2 Å². The van der Waals surface area contributed by atoms with Crippen molar-refractivity contribution in [3.05, 3.63) is 17.7 Å². The maximum absolute atomic E-state index is 11.8. The molecule has 1 heterocycles. The molecular weight excluding hydrogens is 356 g/mol. The summed E-state index contributed by atoms with van der Waals surface area (Å²) in [6.45, 7) is 2.76. The number of aliphatic hydroxyl groups is 1. The summed E-state index contributed by atoms with van der Waals surface area (Å²) >= 11 is 0. The zero-order chi connectivity index (χ0) is 19.8. The van der Waals surface area contributed by atoms with Crippen LogP contribution in [0.15, 0.2) is 12.1 Å². The standard InChI is InChI=1S/C22H30N2O4/c1-2-3-13-27-20-11-10-19(18-9-12-21(26)24-22(18)20)28-15-17(25)14-23-16-7-5-4-6-8-16/h10-11,16-17,23,25H,4-9,12-15H2,1H3,(H,24,26). The Morgan fingerprint density at radius 1 is 1.21 bits per heavy atom. The van der Waals surface area contributed by atoms with Gasteiger partial charge in [-0.05, 0) is 38.3 Å². The van der Waals surface area contributed by atoms with E-state index in [0.717, 1.165) is 5.56 Å². The molecule has 1 aromatic rings. The molecule has 1 unspecified atom stereocenters. The third kappa shape index (κ3) is 5.63. The van der Waals surface area contributed by atoms with Crippen molar-refractivity contribution in [2.45, 2.75) is 64.0 Å². The van der Waals surface area contributed by atoms with E-state index in [1.54, 1.807) is 13.0 Å². The second kappa shape index (κ2) is 10.4. The first-order valence-corrected chi connectivity index (χ1v) is 10.2. The molecule has 0 bridgehead atoms. The fraction of sp³-hybridized carbons (Fsp3) is 0.591. The van der Waals surface area contributed by atoms with Crippen LogP contribution >= 0.6 is 0 Å². The molecule has 1 atom stereocenters. The molecule has 1 saturated carbocycles. The van der Waals surface area contributed by atoms with Crippen LogP contribution in [-0.2, 0) is 11.2 Å². The number of hydrogen-bond donors (Lipinski definition) is 3. The zero-order valence-corrected chi connectivity index (χ0v) is 16.6. The quantitative estimate of drug-likeness (QED) is 0.599. The van der Waals surface area contributed by atoms with Gasteiger partial charge >= 0.3 is 0 Å². The highest BCUT2D eigenvalue weighted by atomic mass is 16.5. The van der Waals surface area contributed by atoms with Crippen LogP contribution in [-0.4, -0.2) is 42.9 Å². The van der Waals surface area contributed by atoms with Gasteiger partial charge in [0.05, 0.1) is 5.69 Å².